The summed E-state index contributed by atoms with van der Waals surface area (Å²) in [5.74, 6) is 0.991. The smallest absolute Gasteiger partial charge is 0.126 e. The van der Waals surface area contributed by atoms with Crippen LogP contribution in [0, 0.1) is 0 Å². The first kappa shape index (κ1) is 9.48. The third-order valence-electron chi connectivity index (χ3n) is 1.55. The molecule has 0 saturated carbocycles. The van der Waals surface area contributed by atoms with Gasteiger partial charge in [0.25, 0.3) is 0 Å². The molecule has 0 amide bonds. The molecule has 1 aromatic rings. The minimum absolute atomic E-state index is 0. The molecule has 0 N–H and O–H groups in total. The Morgan fingerprint density at radius 2 is 2.00 bits per heavy atom. The van der Waals surface area contributed by atoms with Crippen molar-refractivity contribution in [3.63, 3.8) is 0 Å². The van der Waals surface area contributed by atoms with Crippen LogP contribution in [0.1, 0.15) is 5.56 Å². The van der Waals surface area contributed by atoms with Crippen molar-refractivity contribution in [1.82, 2.24) is 0 Å². The maximum absolute atomic E-state index is 5.34. The summed E-state index contributed by atoms with van der Waals surface area (Å²) in [7, 11) is 0. The zero-order valence-electron chi connectivity index (χ0n) is 6.58. The van der Waals surface area contributed by atoms with E-state index in [1.807, 2.05) is 30.3 Å². The van der Waals surface area contributed by atoms with Crippen LogP contribution in [0.25, 0.3) is 6.08 Å². The third-order valence-corrected chi connectivity index (χ3v) is 1.55. The molecule has 51 valence electrons. The van der Waals surface area contributed by atoms with Gasteiger partial charge in [-0.3, -0.25) is 0 Å². The van der Waals surface area contributed by atoms with Crippen molar-refractivity contribution in [2.75, 3.05) is 6.61 Å². The maximum Gasteiger partial charge on any atom is 0.126 e. The molecule has 0 bridgehead atoms. The second-order valence-electron chi connectivity index (χ2n) is 2.25. The Balaban J connectivity index is 0.000000605. The molecule has 0 aliphatic carbocycles. The molecular formula is C9H8KO. The average molecular weight is 171 g/mol. The van der Waals surface area contributed by atoms with Crippen molar-refractivity contribution in [2.45, 2.75) is 0 Å². The van der Waals surface area contributed by atoms with Crippen molar-refractivity contribution < 1.29 is 4.74 Å². The van der Waals surface area contributed by atoms with E-state index >= 15 is 0 Å². The van der Waals surface area contributed by atoms with Gasteiger partial charge in [0.15, 0.2) is 0 Å². The molecule has 1 radical (unpaired) electrons. The monoisotopic (exact) mass is 171 g/mol. The SMILES string of the molecule is C1=Cc2ccccc2OC1.[K]. The summed E-state index contributed by atoms with van der Waals surface area (Å²) in [6.07, 6.45) is 4.10. The molecular weight excluding hydrogens is 163 g/mol. The second-order valence-corrected chi connectivity index (χ2v) is 2.25. The number of rotatable bonds is 0. The van der Waals surface area contributed by atoms with Crippen LogP contribution in [0.5, 0.6) is 5.75 Å². The molecule has 2 heteroatoms. The van der Waals surface area contributed by atoms with Crippen molar-refractivity contribution in [3.05, 3.63) is 35.9 Å². The Morgan fingerprint density at radius 1 is 1.18 bits per heavy atom. The first-order chi connectivity index (χ1) is 4.97. The maximum atomic E-state index is 5.34. The Bertz CT molecular complexity index is 268. The van der Waals surface area contributed by atoms with E-state index in [2.05, 4.69) is 6.08 Å². The Kier molecular flexibility index (Phi) is 3.82. The zero-order chi connectivity index (χ0) is 6.81. The summed E-state index contributed by atoms with van der Waals surface area (Å²) in [5, 5.41) is 0. The van der Waals surface area contributed by atoms with Crippen LogP contribution >= 0.6 is 0 Å². The van der Waals surface area contributed by atoms with E-state index in [1.54, 1.807) is 0 Å². The summed E-state index contributed by atoms with van der Waals surface area (Å²) in [6.45, 7) is 0.705. The average Bonchev–Trinajstić information content (AvgIpc) is 2.05. The third kappa shape index (κ3) is 2.17. The molecule has 0 saturated heterocycles. The second kappa shape index (κ2) is 4.43. The molecule has 1 nitrogen and oxygen atoms in total. The number of hydrogen-bond acceptors (Lipinski definition) is 1. The van der Waals surface area contributed by atoms with Gasteiger partial charge in [-0.25, -0.2) is 0 Å². The predicted octanol–water partition coefficient (Wildman–Crippen LogP) is 1.71. The normalized spacial score (nSPS) is 12.7. The largest absolute Gasteiger partial charge is 0.489 e. The van der Waals surface area contributed by atoms with Gasteiger partial charge in [-0.15, -0.1) is 0 Å². The van der Waals surface area contributed by atoms with Gasteiger partial charge in [0.05, 0.1) is 0 Å². The van der Waals surface area contributed by atoms with Crippen molar-refractivity contribution in [2.24, 2.45) is 0 Å². The van der Waals surface area contributed by atoms with Gasteiger partial charge in [-0.1, -0.05) is 24.3 Å². The van der Waals surface area contributed by atoms with Gasteiger partial charge >= 0.3 is 0 Å². The van der Waals surface area contributed by atoms with Crippen molar-refractivity contribution >= 4 is 57.5 Å². The van der Waals surface area contributed by atoms with E-state index in [-0.39, 0.29) is 51.4 Å². The molecule has 0 atom stereocenters. The molecule has 0 fully saturated rings. The van der Waals surface area contributed by atoms with Gasteiger partial charge in [-0.05, 0) is 12.1 Å². The molecule has 1 aliphatic heterocycles. The van der Waals surface area contributed by atoms with Gasteiger partial charge < -0.3 is 4.74 Å². The van der Waals surface area contributed by atoms with Gasteiger partial charge in [0.1, 0.15) is 12.4 Å². The Hall–Kier alpha value is 0.396. The number of fused-ring (bicyclic) bond motifs is 1. The molecule has 0 aromatic heterocycles. The van der Waals surface area contributed by atoms with Crippen LogP contribution in [0.3, 0.4) is 0 Å². The zero-order valence-corrected chi connectivity index (χ0v) is 9.70. The van der Waals surface area contributed by atoms with Crippen LogP contribution < -0.4 is 4.74 Å². The molecule has 1 heterocycles. The molecule has 0 spiro atoms. The van der Waals surface area contributed by atoms with Crippen LogP contribution in [0.15, 0.2) is 30.3 Å². The standard InChI is InChI=1S/C9H8O.K/c1-2-6-9-8(4-1)5-3-7-10-9;/h1-6H,7H2;. The van der Waals surface area contributed by atoms with E-state index in [0.29, 0.717) is 6.61 Å². The van der Waals surface area contributed by atoms with Gasteiger partial charge in [-0.2, -0.15) is 0 Å². The van der Waals surface area contributed by atoms with E-state index < -0.39 is 0 Å². The summed E-state index contributed by atoms with van der Waals surface area (Å²) in [6, 6.07) is 8.03. The van der Waals surface area contributed by atoms with E-state index in [1.165, 1.54) is 5.56 Å². The first-order valence-corrected chi connectivity index (χ1v) is 3.35. The fourth-order valence-electron chi connectivity index (χ4n) is 1.06. The topological polar surface area (TPSA) is 9.23 Å². The summed E-state index contributed by atoms with van der Waals surface area (Å²) in [5.41, 5.74) is 1.17. The summed E-state index contributed by atoms with van der Waals surface area (Å²) >= 11 is 0. The molecule has 2 rings (SSSR count). The Labute approximate surface area is 109 Å². The fraction of sp³-hybridized carbons (Fsp3) is 0.111. The molecule has 1 aliphatic rings. The van der Waals surface area contributed by atoms with Crippen LogP contribution in [0.2, 0.25) is 0 Å². The van der Waals surface area contributed by atoms with Gasteiger partial charge in [0.2, 0.25) is 0 Å². The summed E-state index contributed by atoms with van der Waals surface area (Å²) in [4.78, 5) is 0. The Morgan fingerprint density at radius 3 is 2.82 bits per heavy atom. The number of benzene rings is 1. The van der Waals surface area contributed by atoms with Gasteiger partial charge in [0, 0.05) is 56.9 Å². The van der Waals surface area contributed by atoms with Crippen molar-refractivity contribution in [3.8, 4) is 5.75 Å². The summed E-state index contributed by atoms with van der Waals surface area (Å²) < 4.78 is 5.34. The molecule has 11 heavy (non-hydrogen) atoms. The van der Waals surface area contributed by atoms with E-state index in [0.717, 1.165) is 5.75 Å². The molecule has 1 aromatic carbocycles. The number of ether oxygens (including phenoxy) is 1. The van der Waals surface area contributed by atoms with Crippen LogP contribution in [-0.2, 0) is 0 Å². The van der Waals surface area contributed by atoms with Crippen molar-refractivity contribution in [1.29, 1.82) is 0 Å². The van der Waals surface area contributed by atoms with Crippen LogP contribution in [0.4, 0.5) is 0 Å². The minimum atomic E-state index is 0. The van der Waals surface area contributed by atoms with Crippen LogP contribution in [-0.4, -0.2) is 58.0 Å². The first-order valence-electron chi connectivity index (χ1n) is 3.35. The predicted molar refractivity (Wildman–Crippen MR) is 46.7 cm³/mol. The number of hydrogen-bond donors (Lipinski definition) is 0. The van der Waals surface area contributed by atoms with E-state index in [9.17, 15) is 0 Å². The number of para-hydroxylation sites is 1. The molecule has 0 unspecified atom stereocenters. The quantitative estimate of drug-likeness (QED) is 0.540. The van der Waals surface area contributed by atoms with E-state index in [4.69, 9.17) is 4.74 Å². The minimum Gasteiger partial charge on any atom is -0.489 e. The fourth-order valence-corrected chi connectivity index (χ4v) is 1.06.